The summed E-state index contributed by atoms with van der Waals surface area (Å²) in [5.41, 5.74) is 1.67. The zero-order chi connectivity index (χ0) is 19.7. The highest BCUT2D eigenvalue weighted by Crippen LogP contribution is 2.40. The predicted octanol–water partition coefficient (Wildman–Crippen LogP) is 1.93. The van der Waals surface area contributed by atoms with Gasteiger partial charge >= 0.3 is 0 Å². The Balaban J connectivity index is 1.38. The molecule has 28 heavy (non-hydrogen) atoms. The van der Waals surface area contributed by atoms with Gasteiger partial charge < -0.3 is 14.6 Å². The molecule has 1 aliphatic heterocycles. The Morgan fingerprint density at radius 1 is 1.39 bits per heavy atom. The van der Waals surface area contributed by atoms with Crippen molar-refractivity contribution in [3.63, 3.8) is 0 Å². The maximum absolute atomic E-state index is 13.1. The van der Waals surface area contributed by atoms with E-state index >= 15 is 0 Å². The number of nitrogens with one attached hydrogen (secondary N) is 1. The number of hydrogen-bond donors (Lipinski definition) is 1. The molecule has 0 radical (unpaired) electrons. The van der Waals surface area contributed by atoms with E-state index in [-0.39, 0.29) is 23.4 Å². The number of carbonyl (C=O) groups is 2. The SMILES string of the molecule is CCN(CC(=O)NC1CCCN(C(=O)c2cccn3cncc23)C1)C1(C)CC1. The van der Waals surface area contributed by atoms with Crippen LogP contribution in [0.1, 0.15) is 49.9 Å². The number of likely N-dealkylation sites (tertiary alicyclic amines) is 1. The molecule has 1 saturated carbocycles. The summed E-state index contributed by atoms with van der Waals surface area (Å²) in [5, 5.41) is 3.16. The third kappa shape index (κ3) is 3.76. The molecule has 3 heterocycles. The van der Waals surface area contributed by atoms with Gasteiger partial charge in [-0.15, -0.1) is 0 Å². The molecule has 0 spiro atoms. The molecule has 1 saturated heterocycles. The second-order valence-corrected chi connectivity index (χ2v) is 8.28. The zero-order valence-corrected chi connectivity index (χ0v) is 16.7. The van der Waals surface area contributed by atoms with Crippen LogP contribution in [0.4, 0.5) is 0 Å². The first-order valence-electron chi connectivity index (χ1n) is 10.2. The number of amides is 2. The number of rotatable bonds is 6. The third-order valence-corrected chi connectivity index (χ3v) is 6.21. The summed E-state index contributed by atoms with van der Waals surface area (Å²) >= 11 is 0. The van der Waals surface area contributed by atoms with Crippen LogP contribution >= 0.6 is 0 Å². The highest BCUT2D eigenvalue weighted by atomic mass is 16.2. The van der Waals surface area contributed by atoms with Gasteiger partial charge in [-0.05, 0) is 51.3 Å². The number of aromatic nitrogens is 2. The maximum atomic E-state index is 13.1. The fourth-order valence-electron chi connectivity index (χ4n) is 4.21. The third-order valence-electron chi connectivity index (χ3n) is 6.21. The van der Waals surface area contributed by atoms with Gasteiger partial charge in [0.2, 0.25) is 5.91 Å². The van der Waals surface area contributed by atoms with Crippen LogP contribution in [0.2, 0.25) is 0 Å². The van der Waals surface area contributed by atoms with E-state index < -0.39 is 0 Å². The topological polar surface area (TPSA) is 70.0 Å². The summed E-state index contributed by atoms with van der Waals surface area (Å²) in [6, 6.07) is 3.72. The van der Waals surface area contributed by atoms with E-state index in [4.69, 9.17) is 0 Å². The van der Waals surface area contributed by atoms with Gasteiger partial charge in [-0.2, -0.15) is 0 Å². The van der Waals surface area contributed by atoms with Gasteiger partial charge in [-0.3, -0.25) is 14.5 Å². The molecular weight excluding hydrogens is 354 g/mol. The Morgan fingerprint density at radius 2 is 2.21 bits per heavy atom. The summed E-state index contributed by atoms with van der Waals surface area (Å²) in [6.45, 7) is 6.93. The largest absolute Gasteiger partial charge is 0.350 e. The molecule has 2 aliphatic rings. The van der Waals surface area contributed by atoms with Crippen molar-refractivity contribution in [1.82, 2.24) is 24.5 Å². The fraction of sp³-hybridized carbons (Fsp3) is 0.571. The van der Waals surface area contributed by atoms with Crippen molar-refractivity contribution >= 4 is 17.3 Å². The standard InChI is InChI=1S/C21H29N5O2/c1-3-26(21(2)8-9-21)14-19(27)23-16-6-4-10-24(13-16)20(28)17-7-5-11-25-15-22-12-18(17)25/h5,7,11-12,15-16H,3-4,6,8-10,13-14H2,1-2H3,(H,23,27). The van der Waals surface area contributed by atoms with Crippen LogP contribution in [-0.4, -0.2) is 68.8 Å². The van der Waals surface area contributed by atoms with Gasteiger partial charge in [0.25, 0.3) is 5.91 Å². The quantitative estimate of drug-likeness (QED) is 0.828. The first kappa shape index (κ1) is 18.9. The molecule has 2 amide bonds. The molecule has 150 valence electrons. The summed E-state index contributed by atoms with van der Waals surface area (Å²) in [5.74, 6) is 0.0675. The van der Waals surface area contributed by atoms with E-state index in [2.05, 4.69) is 29.0 Å². The van der Waals surface area contributed by atoms with Crippen LogP contribution in [0.3, 0.4) is 0 Å². The fourth-order valence-corrected chi connectivity index (χ4v) is 4.21. The van der Waals surface area contributed by atoms with Crippen molar-refractivity contribution in [3.8, 4) is 0 Å². The molecule has 0 aromatic carbocycles. The van der Waals surface area contributed by atoms with Crippen LogP contribution < -0.4 is 5.32 Å². The van der Waals surface area contributed by atoms with E-state index in [0.717, 1.165) is 31.4 Å². The first-order valence-corrected chi connectivity index (χ1v) is 10.2. The molecular formula is C21H29N5O2. The van der Waals surface area contributed by atoms with Gasteiger partial charge in [0, 0.05) is 30.9 Å². The number of hydrogen-bond acceptors (Lipinski definition) is 4. The van der Waals surface area contributed by atoms with Gasteiger partial charge in [0.15, 0.2) is 0 Å². The van der Waals surface area contributed by atoms with Gasteiger partial charge in [0.05, 0.1) is 30.1 Å². The molecule has 7 nitrogen and oxygen atoms in total. The smallest absolute Gasteiger partial charge is 0.256 e. The lowest BCUT2D eigenvalue weighted by atomic mass is 10.0. The summed E-state index contributed by atoms with van der Waals surface area (Å²) in [6.07, 6.45) is 9.45. The van der Waals surface area contributed by atoms with Gasteiger partial charge in [-0.1, -0.05) is 6.92 Å². The number of pyridine rings is 1. The van der Waals surface area contributed by atoms with Gasteiger partial charge in [-0.25, -0.2) is 4.98 Å². The Kier molecular flexibility index (Phi) is 5.10. The predicted molar refractivity (Wildman–Crippen MR) is 107 cm³/mol. The molecule has 1 unspecified atom stereocenters. The Morgan fingerprint density at radius 3 is 2.96 bits per heavy atom. The Bertz CT molecular complexity index is 873. The van der Waals surface area contributed by atoms with Crippen molar-refractivity contribution in [2.75, 3.05) is 26.2 Å². The molecule has 1 atom stereocenters. The minimum atomic E-state index is 0.00530. The average molecular weight is 383 g/mol. The minimum Gasteiger partial charge on any atom is -0.350 e. The van der Waals surface area contributed by atoms with E-state index in [1.165, 1.54) is 12.8 Å². The van der Waals surface area contributed by atoms with Crippen molar-refractivity contribution in [3.05, 3.63) is 36.4 Å². The first-order chi connectivity index (χ1) is 13.5. The van der Waals surface area contributed by atoms with Crippen LogP contribution in [-0.2, 0) is 4.79 Å². The van der Waals surface area contributed by atoms with Crippen LogP contribution in [0.25, 0.3) is 5.52 Å². The number of piperidine rings is 1. The van der Waals surface area contributed by atoms with Crippen LogP contribution in [0, 0.1) is 0 Å². The zero-order valence-electron chi connectivity index (χ0n) is 16.7. The number of imidazole rings is 1. The van der Waals surface area contributed by atoms with Crippen molar-refractivity contribution in [2.24, 2.45) is 0 Å². The van der Waals surface area contributed by atoms with Crippen molar-refractivity contribution in [1.29, 1.82) is 0 Å². The second kappa shape index (κ2) is 7.54. The molecule has 1 aliphatic carbocycles. The number of carbonyl (C=O) groups excluding carboxylic acids is 2. The van der Waals surface area contributed by atoms with E-state index in [9.17, 15) is 9.59 Å². The molecule has 1 N–H and O–H groups in total. The summed E-state index contributed by atoms with van der Waals surface area (Å²) in [4.78, 5) is 33.9. The minimum absolute atomic E-state index is 0.00530. The lowest BCUT2D eigenvalue weighted by molar-refractivity contribution is -0.124. The molecule has 2 aromatic rings. The summed E-state index contributed by atoms with van der Waals surface area (Å²) in [7, 11) is 0. The van der Waals surface area contributed by atoms with Crippen LogP contribution in [0.5, 0.6) is 0 Å². The number of fused-ring (bicyclic) bond motifs is 1. The van der Waals surface area contributed by atoms with Crippen LogP contribution in [0.15, 0.2) is 30.9 Å². The van der Waals surface area contributed by atoms with E-state index in [1.54, 1.807) is 12.5 Å². The average Bonchev–Trinajstić information content (AvgIpc) is 3.26. The highest BCUT2D eigenvalue weighted by molar-refractivity contribution is 6.00. The summed E-state index contributed by atoms with van der Waals surface area (Å²) < 4.78 is 1.86. The Hall–Kier alpha value is -2.41. The van der Waals surface area contributed by atoms with E-state index in [0.29, 0.717) is 18.7 Å². The molecule has 2 aromatic heterocycles. The monoisotopic (exact) mass is 383 g/mol. The molecule has 4 rings (SSSR count). The normalized spacial score (nSPS) is 21.1. The molecule has 0 bridgehead atoms. The van der Waals surface area contributed by atoms with Crippen molar-refractivity contribution in [2.45, 2.75) is 51.1 Å². The van der Waals surface area contributed by atoms with E-state index in [1.807, 2.05) is 27.6 Å². The number of nitrogens with zero attached hydrogens (tertiary/aromatic N) is 4. The lowest BCUT2D eigenvalue weighted by Gasteiger charge is -2.34. The highest BCUT2D eigenvalue weighted by Gasteiger charge is 2.43. The lowest BCUT2D eigenvalue weighted by Crippen LogP contribution is -2.52. The number of likely N-dealkylation sites (N-methyl/N-ethyl adjacent to an activating group) is 1. The Labute approximate surface area is 165 Å². The molecule has 7 heteroatoms. The molecule has 2 fully saturated rings. The van der Waals surface area contributed by atoms with Gasteiger partial charge in [0.1, 0.15) is 0 Å². The van der Waals surface area contributed by atoms with Crippen molar-refractivity contribution < 1.29 is 9.59 Å². The maximum Gasteiger partial charge on any atom is 0.256 e. The second-order valence-electron chi connectivity index (χ2n) is 8.28.